The average molecular weight is 481 g/mol. The molecule has 3 amide bonds. The van der Waals surface area contributed by atoms with Gasteiger partial charge < -0.3 is 19.5 Å². The molecule has 4 rings (SSSR count). The lowest BCUT2D eigenvalue weighted by molar-refractivity contribution is -0.122. The fourth-order valence-electron chi connectivity index (χ4n) is 4.69. The summed E-state index contributed by atoms with van der Waals surface area (Å²) < 4.78 is 15.5. The van der Waals surface area contributed by atoms with Gasteiger partial charge in [0.25, 0.3) is 5.91 Å². The van der Waals surface area contributed by atoms with Crippen LogP contribution in [0.4, 0.5) is 11.4 Å². The normalized spacial score (nSPS) is 21.3. The Kier molecular flexibility index (Phi) is 7.04. The van der Waals surface area contributed by atoms with Crippen molar-refractivity contribution in [2.75, 3.05) is 31.0 Å². The van der Waals surface area contributed by atoms with Gasteiger partial charge in [-0.15, -0.1) is 0 Å². The van der Waals surface area contributed by atoms with E-state index in [2.05, 4.69) is 12.2 Å². The lowest BCUT2D eigenvalue weighted by atomic mass is 9.76. The van der Waals surface area contributed by atoms with Gasteiger partial charge in [0.2, 0.25) is 11.8 Å². The Hall–Kier alpha value is -3.88. The molecule has 1 N–H and O–H groups in total. The van der Waals surface area contributed by atoms with Crippen LogP contribution in [-0.2, 0) is 19.1 Å². The molecule has 2 aromatic carbocycles. The third-order valence-corrected chi connectivity index (χ3v) is 6.57. The topological polar surface area (TPSA) is 111 Å². The van der Waals surface area contributed by atoms with Crippen LogP contribution in [0, 0.1) is 17.8 Å². The van der Waals surface area contributed by atoms with Crippen molar-refractivity contribution in [2.45, 2.75) is 26.2 Å². The van der Waals surface area contributed by atoms with E-state index in [-0.39, 0.29) is 29.2 Å². The number of nitrogens with zero attached hydrogens (tertiary/aromatic N) is 1. The Bertz CT molecular complexity index is 1140. The van der Waals surface area contributed by atoms with Crippen molar-refractivity contribution in [1.82, 2.24) is 0 Å². The third kappa shape index (κ3) is 4.99. The number of ether oxygens (including phenoxy) is 3. The first-order valence-electron chi connectivity index (χ1n) is 11.5. The van der Waals surface area contributed by atoms with Crippen LogP contribution in [0.1, 0.15) is 36.5 Å². The van der Waals surface area contributed by atoms with Crippen LogP contribution in [-0.4, -0.2) is 44.5 Å². The summed E-state index contributed by atoms with van der Waals surface area (Å²) in [7, 11) is 2.98. The lowest BCUT2D eigenvalue weighted by Gasteiger charge is -2.25. The van der Waals surface area contributed by atoms with Gasteiger partial charge in [-0.25, -0.2) is 4.79 Å². The quantitative estimate of drug-likeness (QED) is 0.477. The SMILES string of the molecule is COc1ccc(NC(=O)COC(=O)c2ccc(N3C(=O)[C@@H]4CC[C@@H](C)C[C@H]4C3=O)cc2)c(OC)c1. The molecule has 1 aliphatic heterocycles. The molecular weight excluding hydrogens is 452 g/mol. The van der Waals surface area contributed by atoms with Gasteiger partial charge in [-0.3, -0.25) is 19.3 Å². The highest BCUT2D eigenvalue weighted by Gasteiger charge is 2.49. The van der Waals surface area contributed by atoms with Crippen molar-refractivity contribution in [1.29, 1.82) is 0 Å². The van der Waals surface area contributed by atoms with E-state index in [0.717, 1.165) is 19.3 Å². The van der Waals surface area contributed by atoms with Gasteiger partial charge >= 0.3 is 5.97 Å². The van der Waals surface area contributed by atoms with Crippen molar-refractivity contribution in [3.63, 3.8) is 0 Å². The first kappa shape index (κ1) is 24.3. The molecule has 1 saturated carbocycles. The second-order valence-electron chi connectivity index (χ2n) is 8.88. The van der Waals surface area contributed by atoms with E-state index < -0.39 is 18.5 Å². The maximum atomic E-state index is 12.9. The highest BCUT2D eigenvalue weighted by molar-refractivity contribution is 6.22. The molecule has 0 unspecified atom stereocenters. The number of fused-ring (bicyclic) bond motifs is 1. The number of nitrogens with one attached hydrogen (secondary N) is 1. The maximum absolute atomic E-state index is 12.9. The minimum Gasteiger partial charge on any atom is -0.497 e. The van der Waals surface area contributed by atoms with Crippen LogP contribution < -0.4 is 19.7 Å². The van der Waals surface area contributed by atoms with Crippen LogP contribution in [0.15, 0.2) is 42.5 Å². The number of benzene rings is 2. The van der Waals surface area contributed by atoms with Crippen molar-refractivity contribution >= 4 is 35.1 Å². The van der Waals surface area contributed by atoms with Gasteiger partial charge in [0.1, 0.15) is 11.5 Å². The van der Waals surface area contributed by atoms with Crippen molar-refractivity contribution in [2.24, 2.45) is 17.8 Å². The Labute approximate surface area is 203 Å². The number of hydrogen-bond acceptors (Lipinski definition) is 7. The summed E-state index contributed by atoms with van der Waals surface area (Å²) >= 11 is 0. The van der Waals surface area contributed by atoms with Crippen LogP contribution in [0.5, 0.6) is 11.5 Å². The van der Waals surface area contributed by atoms with E-state index in [0.29, 0.717) is 28.8 Å². The molecule has 9 nitrogen and oxygen atoms in total. The second-order valence-corrected chi connectivity index (χ2v) is 8.88. The number of amides is 3. The van der Waals surface area contributed by atoms with Crippen molar-refractivity contribution in [3.05, 3.63) is 48.0 Å². The molecule has 1 heterocycles. The lowest BCUT2D eigenvalue weighted by Crippen LogP contribution is -2.30. The predicted molar refractivity (Wildman–Crippen MR) is 127 cm³/mol. The average Bonchev–Trinajstić information content (AvgIpc) is 3.11. The Balaban J connectivity index is 1.35. The minimum absolute atomic E-state index is 0.173. The predicted octanol–water partition coefficient (Wildman–Crippen LogP) is 3.42. The molecule has 9 heteroatoms. The Morgan fingerprint density at radius 3 is 2.37 bits per heavy atom. The number of hydrogen-bond donors (Lipinski definition) is 1. The number of methoxy groups -OCH3 is 2. The van der Waals surface area contributed by atoms with Gasteiger partial charge in [0.05, 0.1) is 43.0 Å². The molecule has 1 saturated heterocycles. The molecule has 2 fully saturated rings. The summed E-state index contributed by atoms with van der Waals surface area (Å²) in [4.78, 5) is 51.6. The first-order chi connectivity index (χ1) is 16.8. The zero-order chi connectivity index (χ0) is 25.1. The highest BCUT2D eigenvalue weighted by atomic mass is 16.5. The monoisotopic (exact) mass is 480 g/mol. The zero-order valence-corrected chi connectivity index (χ0v) is 19.9. The van der Waals surface area contributed by atoms with Gasteiger partial charge in [-0.2, -0.15) is 0 Å². The molecule has 3 atom stereocenters. The molecule has 0 bridgehead atoms. The highest BCUT2D eigenvalue weighted by Crippen LogP contribution is 2.42. The summed E-state index contributed by atoms with van der Waals surface area (Å²) in [5, 5.41) is 2.62. The number of rotatable bonds is 7. The molecule has 35 heavy (non-hydrogen) atoms. The zero-order valence-electron chi connectivity index (χ0n) is 19.9. The summed E-state index contributed by atoms with van der Waals surface area (Å²) in [6.07, 6.45) is 2.39. The van der Waals surface area contributed by atoms with Crippen molar-refractivity contribution < 1.29 is 33.4 Å². The summed E-state index contributed by atoms with van der Waals surface area (Å²) in [5.74, 6) is -0.711. The number of carbonyl (C=O) groups is 4. The third-order valence-electron chi connectivity index (χ3n) is 6.57. The molecule has 0 spiro atoms. The van der Waals surface area contributed by atoms with E-state index >= 15 is 0 Å². The molecule has 184 valence electrons. The van der Waals surface area contributed by atoms with Gasteiger partial charge in [0.15, 0.2) is 6.61 Å². The van der Waals surface area contributed by atoms with E-state index in [1.807, 2.05) is 0 Å². The standard InChI is InChI=1S/C26H28N2O7/c1-15-4-10-19-20(12-15)25(31)28(24(19)30)17-7-5-16(6-8-17)26(32)35-14-23(29)27-21-11-9-18(33-2)13-22(21)34-3/h5-9,11,13,15,19-20H,4,10,12,14H2,1-3H3,(H,27,29)/t15-,19-,20-/m1/s1. The molecule has 2 aromatic rings. The minimum atomic E-state index is -0.699. The smallest absolute Gasteiger partial charge is 0.338 e. The van der Waals surface area contributed by atoms with Crippen molar-refractivity contribution in [3.8, 4) is 11.5 Å². The number of carbonyl (C=O) groups excluding carboxylic acids is 4. The van der Waals surface area contributed by atoms with E-state index in [9.17, 15) is 19.2 Å². The fraction of sp³-hybridized carbons (Fsp3) is 0.385. The van der Waals surface area contributed by atoms with E-state index in [4.69, 9.17) is 14.2 Å². The number of imide groups is 1. The summed E-state index contributed by atoms with van der Waals surface area (Å²) in [6, 6.07) is 11.0. The Morgan fingerprint density at radius 2 is 1.69 bits per heavy atom. The van der Waals surface area contributed by atoms with E-state index in [1.165, 1.54) is 31.3 Å². The molecular formula is C26H28N2O7. The van der Waals surface area contributed by atoms with Crippen LogP contribution >= 0.6 is 0 Å². The van der Waals surface area contributed by atoms with Gasteiger partial charge in [0, 0.05) is 6.07 Å². The van der Waals surface area contributed by atoms with Crippen LogP contribution in [0.25, 0.3) is 0 Å². The summed E-state index contributed by atoms with van der Waals surface area (Å²) in [6.45, 7) is 1.60. The molecule has 1 aliphatic carbocycles. The van der Waals surface area contributed by atoms with E-state index in [1.54, 1.807) is 30.3 Å². The first-order valence-corrected chi connectivity index (χ1v) is 11.5. The van der Waals surface area contributed by atoms with Crippen LogP contribution in [0.3, 0.4) is 0 Å². The second kappa shape index (κ2) is 10.2. The van der Waals surface area contributed by atoms with Crippen LogP contribution in [0.2, 0.25) is 0 Å². The van der Waals surface area contributed by atoms with Gasteiger partial charge in [-0.1, -0.05) is 6.92 Å². The molecule has 0 radical (unpaired) electrons. The fourth-order valence-corrected chi connectivity index (χ4v) is 4.69. The largest absolute Gasteiger partial charge is 0.497 e. The molecule has 2 aliphatic rings. The number of anilines is 2. The summed E-state index contributed by atoms with van der Waals surface area (Å²) in [5.41, 5.74) is 1.05. The van der Waals surface area contributed by atoms with Gasteiger partial charge in [-0.05, 0) is 61.6 Å². The Morgan fingerprint density at radius 1 is 0.971 bits per heavy atom. The number of esters is 1. The maximum Gasteiger partial charge on any atom is 0.338 e. The molecule has 0 aromatic heterocycles.